The highest BCUT2D eigenvalue weighted by Gasteiger charge is 2.14. The third kappa shape index (κ3) is 4.04. The molecule has 0 spiro atoms. The normalized spacial score (nSPS) is 11.0. The van der Waals surface area contributed by atoms with Crippen molar-refractivity contribution in [2.45, 2.75) is 33.1 Å². The highest BCUT2D eigenvalue weighted by Crippen LogP contribution is 2.29. The van der Waals surface area contributed by atoms with E-state index in [2.05, 4.69) is 40.1 Å². The van der Waals surface area contributed by atoms with Crippen molar-refractivity contribution >= 4 is 33.3 Å². The monoisotopic (exact) mass is 308 g/mol. The quantitative estimate of drug-likeness (QED) is 0.745. The van der Waals surface area contributed by atoms with Gasteiger partial charge in [-0.2, -0.15) is 4.98 Å². The predicted molar refractivity (Wildman–Crippen MR) is 90.4 cm³/mol. The Balaban J connectivity index is 2.35. The van der Waals surface area contributed by atoms with E-state index in [1.165, 1.54) is 0 Å². The number of anilines is 2. The van der Waals surface area contributed by atoms with Crippen molar-refractivity contribution < 1.29 is 5.11 Å². The molecule has 0 aromatic carbocycles. The number of aliphatic hydroxyl groups is 1. The van der Waals surface area contributed by atoms with E-state index in [-0.39, 0.29) is 6.61 Å². The average Bonchev–Trinajstić information content (AvgIpc) is 2.97. The van der Waals surface area contributed by atoms with Gasteiger partial charge in [0.25, 0.3) is 0 Å². The number of aromatic nitrogens is 2. The van der Waals surface area contributed by atoms with Gasteiger partial charge >= 0.3 is 0 Å². The van der Waals surface area contributed by atoms with Crippen LogP contribution in [0.1, 0.15) is 33.1 Å². The minimum atomic E-state index is 0.136. The molecule has 0 aliphatic rings. The van der Waals surface area contributed by atoms with Gasteiger partial charge in [-0.1, -0.05) is 20.3 Å². The van der Waals surface area contributed by atoms with Crippen LogP contribution in [-0.2, 0) is 0 Å². The van der Waals surface area contributed by atoms with Crippen molar-refractivity contribution in [3.8, 4) is 0 Å². The van der Waals surface area contributed by atoms with Crippen LogP contribution in [0, 0.1) is 0 Å². The Labute approximate surface area is 130 Å². The van der Waals surface area contributed by atoms with Gasteiger partial charge < -0.3 is 15.3 Å². The average molecular weight is 308 g/mol. The van der Waals surface area contributed by atoms with E-state index >= 15 is 0 Å². The first kappa shape index (κ1) is 16.0. The number of thiophene rings is 1. The van der Waals surface area contributed by atoms with E-state index in [1.807, 2.05) is 5.38 Å². The Bertz CT molecular complexity index is 558. The molecule has 116 valence electrons. The maximum atomic E-state index is 9.33. The topological polar surface area (TPSA) is 61.3 Å². The van der Waals surface area contributed by atoms with Gasteiger partial charge in [-0.3, -0.25) is 0 Å². The summed E-state index contributed by atoms with van der Waals surface area (Å²) in [5, 5.41) is 15.7. The molecule has 2 aromatic heterocycles. The van der Waals surface area contributed by atoms with Crippen molar-refractivity contribution in [1.29, 1.82) is 0 Å². The van der Waals surface area contributed by atoms with Gasteiger partial charge in [-0.05, 0) is 24.3 Å². The standard InChI is InChI=1S/C15H24N4OS/c1-3-5-8-19(9-10-20)13-12-6-11-21-14(12)18-15(17-13)16-7-4-2/h6,11,20H,3-5,7-10H2,1-2H3,(H,16,17,18). The number of nitrogens with one attached hydrogen (secondary N) is 1. The van der Waals surface area contributed by atoms with Gasteiger partial charge in [0.05, 0.1) is 12.0 Å². The Morgan fingerprint density at radius 3 is 2.81 bits per heavy atom. The van der Waals surface area contributed by atoms with E-state index in [9.17, 15) is 5.11 Å². The van der Waals surface area contributed by atoms with E-state index in [0.29, 0.717) is 12.5 Å². The number of nitrogens with zero attached hydrogens (tertiary/aromatic N) is 3. The zero-order valence-corrected chi connectivity index (χ0v) is 13.6. The molecule has 0 amide bonds. The van der Waals surface area contributed by atoms with Crippen LogP contribution < -0.4 is 10.2 Å². The van der Waals surface area contributed by atoms with Crippen molar-refractivity contribution in [1.82, 2.24) is 9.97 Å². The molecule has 0 fully saturated rings. The number of aliphatic hydroxyl groups excluding tert-OH is 1. The molecule has 0 saturated carbocycles. The van der Waals surface area contributed by atoms with Gasteiger partial charge in [0.2, 0.25) is 5.95 Å². The van der Waals surface area contributed by atoms with Gasteiger partial charge in [-0.15, -0.1) is 11.3 Å². The third-order valence-corrected chi connectivity index (χ3v) is 4.10. The molecule has 0 aliphatic carbocycles. The fraction of sp³-hybridized carbons (Fsp3) is 0.600. The predicted octanol–water partition coefficient (Wildman–Crippen LogP) is 3.11. The van der Waals surface area contributed by atoms with Gasteiger partial charge in [0, 0.05) is 19.6 Å². The number of hydrogen-bond donors (Lipinski definition) is 2. The molecular weight excluding hydrogens is 284 g/mol. The number of fused-ring (bicyclic) bond motifs is 1. The highest BCUT2D eigenvalue weighted by atomic mass is 32.1. The van der Waals surface area contributed by atoms with E-state index < -0.39 is 0 Å². The second kappa shape index (κ2) is 8.14. The summed E-state index contributed by atoms with van der Waals surface area (Å²) in [4.78, 5) is 12.4. The lowest BCUT2D eigenvalue weighted by Gasteiger charge is -2.23. The zero-order valence-electron chi connectivity index (χ0n) is 12.8. The number of unbranched alkanes of at least 4 members (excludes halogenated alkanes) is 1. The minimum absolute atomic E-state index is 0.136. The van der Waals surface area contributed by atoms with Crippen LogP contribution in [0.25, 0.3) is 10.2 Å². The van der Waals surface area contributed by atoms with E-state index in [1.54, 1.807) is 11.3 Å². The molecule has 0 atom stereocenters. The summed E-state index contributed by atoms with van der Waals surface area (Å²) in [7, 11) is 0. The summed E-state index contributed by atoms with van der Waals surface area (Å²) in [6, 6.07) is 2.06. The minimum Gasteiger partial charge on any atom is -0.395 e. The summed E-state index contributed by atoms with van der Waals surface area (Å²) < 4.78 is 0. The Morgan fingerprint density at radius 1 is 1.24 bits per heavy atom. The van der Waals surface area contributed by atoms with Gasteiger partial charge in [0.1, 0.15) is 10.6 Å². The molecule has 6 heteroatoms. The van der Waals surface area contributed by atoms with Crippen LogP contribution in [-0.4, -0.2) is 41.3 Å². The van der Waals surface area contributed by atoms with Crippen molar-refractivity contribution in [2.24, 2.45) is 0 Å². The molecule has 2 N–H and O–H groups in total. The Kier molecular flexibility index (Phi) is 6.20. The molecule has 2 heterocycles. The van der Waals surface area contributed by atoms with Crippen molar-refractivity contribution in [2.75, 3.05) is 36.5 Å². The number of hydrogen-bond acceptors (Lipinski definition) is 6. The van der Waals surface area contributed by atoms with Crippen LogP contribution in [0.4, 0.5) is 11.8 Å². The summed E-state index contributed by atoms with van der Waals surface area (Å²) in [5.41, 5.74) is 0. The largest absolute Gasteiger partial charge is 0.395 e. The summed E-state index contributed by atoms with van der Waals surface area (Å²) in [6.45, 7) is 6.81. The van der Waals surface area contributed by atoms with Crippen LogP contribution >= 0.6 is 11.3 Å². The summed E-state index contributed by atoms with van der Waals surface area (Å²) in [6.07, 6.45) is 3.26. The molecule has 0 bridgehead atoms. The maximum absolute atomic E-state index is 9.33. The molecular formula is C15H24N4OS. The fourth-order valence-electron chi connectivity index (χ4n) is 2.19. The highest BCUT2D eigenvalue weighted by molar-refractivity contribution is 7.16. The van der Waals surface area contributed by atoms with Crippen LogP contribution in [0.2, 0.25) is 0 Å². The molecule has 0 saturated heterocycles. The molecule has 2 aromatic rings. The Hall–Kier alpha value is -1.40. The smallest absolute Gasteiger partial charge is 0.226 e. The molecule has 0 aliphatic heterocycles. The number of rotatable bonds is 9. The van der Waals surface area contributed by atoms with Gasteiger partial charge in [0.15, 0.2) is 0 Å². The lowest BCUT2D eigenvalue weighted by atomic mass is 10.3. The van der Waals surface area contributed by atoms with Crippen LogP contribution in [0.5, 0.6) is 0 Å². The first-order chi connectivity index (χ1) is 10.3. The van der Waals surface area contributed by atoms with Crippen molar-refractivity contribution in [3.05, 3.63) is 11.4 Å². The molecule has 0 radical (unpaired) electrons. The SMILES string of the molecule is CCCCN(CCO)c1nc(NCCC)nc2sccc12. The van der Waals surface area contributed by atoms with Crippen LogP contribution in [0.15, 0.2) is 11.4 Å². The molecule has 5 nitrogen and oxygen atoms in total. The summed E-state index contributed by atoms with van der Waals surface area (Å²) in [5.74, 6) is 1.61. The molecule has 21 heavy (non-hydrogen) atoms. The first-order valence-electron chi connectivity index (χ1n) is 7.65. The lowest BCUT2D eigenvalue weighted by Crippen LogP contribution is -2.29. The first-order valence-corrected chi connectivity index (χ1v) is 8.53. The zero-order chi connectivity index (χ0) is 15.1. The second-order valence-corrected chi connectivity index (χ2v) is 5.90. The van der Waals surface area contributed by atoms with Gasteiger partial charge in [-0.25, -0.2) is 4.98 Å². The fourth-order valence-corrected chi connectivity index (χ4v) is 2.95. The summed E-state index contributed by atoms with van der Waals surface area (Å²) >= 11 is 1.63. The van der Waals surface area contributed by atoms with E-state index in [4.69, 9.17) is 0 Å². The Morgan fingerprint density at radius 2 is 2.10 bits per heavy atom. The van der Waals surface area contributed by atoms with E-state index in [0.717, 1.165) is 48.4 Å². The second-order valence-electron chi connectivity index (χ2n) is 5.00. The maximum Gasteiger partial charge on any atom is 0.226 e. The van der Waals surface area contributed by atoms with Crippen LogP contribution in [0.3, 0.4) is 0 Å². The van der Waals surface area contributed by atoms with Crippen molar-refractivity contribution in [3.63, 3.8) is 0 Å². The third-order valence-electron chi connectivity index (χ3n) is 3.29. The lowest BCUT2D eigenvalue weighted by molar-refractivity contribution is 0.301. The molecule has 0 unspecified atom stereocenters. The molecule has 2 rings (SSSR count).